The normalized spacial score (nSPS) is 12.2. The average molecular weight is 319 g/mol. The fourth-order valence-electron chi connectivity index (χ4n) is 1.52. The summed E-state index contributed by atoms with van der Waals surface area (Å²) in [6.45, 7) is 4.71. The van der Waals surface area contributed by atoms with E-state index in [2.05, 4.69) is 28.2 Å². The molecule has 1 aromatic rings. The zero-order chi connectivity index (χ0) is 12.8. The first-order chi connectivity index (χ1) is 8.02. The Morgan fingerprint density at radius 2 is 2.18 bits per heavy atom. The Balaban J connectivity index is 2.52. The number of benzene rings is 1. The van der Waals surface area contributed by atoms with Crippen molar-refractivity contribution in [3.05, 3.63) is 34.3 Å². The molecule has 0 aromatic heterocycles. The predicted octanol–water partition coefficient (Wildman–Crippen LogP) is 3.94. The molecule has 0 saturated heterocycles. The summed E-state index contributed by atoms with van der Waals surface area (Å²) in [5, 5.41) is 3.49. The summed E-state index contributed by atoms with van der Waals surface area (Å²) in [7, 11) is 0. The van der Waals surface area contributed by atoms with Crippen molar-refractivity contribution in [2.75, 3.05) is 6.54 Å². The number of carbonyl (C=O) groups is 1. The van der Waals surface area contributed by atoms with Crippen LogP contribution < -0.4 is 5.32 Å². The lowest BCUT2D eigenvalue weighted by Gasteiger charge is -2.09. The predicted molar refractivity (Wildman–Crippen MR) is 76.1 cm³/mol. The second kappa shape index (κ2) is 7.02. The van der Waals surface area contributed by atoms with Crippen LogP contribution in [-0.2, 0) is 0 Å². The van der Waals surface area contributed by atoms with Gasteiger partial charge < -0.3 is 5.32 Å². The lowest BCUT2D eigenvalue weighted by Crippen LogP contribution is -2.26. The molecule has 0 bridgehead atoms. The van der Waals surface area contributed by atoms with Gasteiger partial charge in [0.25, 0.3) is 5.91 Å². The highest BCUT2D eigenvalue weighted by atomic mass is 79.9. The summed E-state index contributed by atoms with van der Waals surface area (Å²) in [4.78, 5) is 12.3. The SMILES string of the molecule is CCC(Br)CCNC(=O)c1cc(C)cc(Cl)c1. The topological polar surface area (TPSA) is 29.1 Å². The van der Waals surface area contributed by atoms with Crippen LogP contribution in [0, 0.1) is 6.92 Å². The summed E-state index contributed by atoms with van der Waals surface area (Å²) < 4.78 is 0. The van der Waals surface area contributed by atoms with Gasteiger partial charge in [0.2, 0.25) is 0 Å². The average Bonchev–Trinajstić information content (AvgIpc) is 2.27. The minimum Gasteiger partial charge on any atom is -0.352 e. The third kappa shape index (κ3) is 5.09. The number of amides is 1. The zero-order valence-electron chi connectivity index (χ0n) is 10.1. The van der Waals surface area contributed by atoms with Gasteiger partial charge in [0.05, 0.1) is 0 Å². The van der Waals surface area contributed by atoms with Crippen molar-refractivity contribution in [1.29, 1.82) is 0 Å². The molecule has 0 radical (unpaired) electrons. The number of alkyl halides is 1. The summed E-state index contributed by atoms with van der Waals surface area (Å²) in [6.07, 6.45) is 1.99. The Morgan fingerprint density at radius 1 is 1.47 bits per heavy atom. The molecule has 4 heteroatoms. The smallest absolute Gasteiger partial charge is 0.251 e. The molecule has 0 spiro atoms. The molecule has 17 heavy (non-hydrogen) atoms. The molecule has 0 aliphatic carbocycles. The van der Waals surface area contributed by atoms with Crippen LogP contribution in [0.3, 0.4) is 0 Å². The largest absolute Gasteiger partial charge is 0.352 e. The third-order valence-corrected chi connectivity index (χ3v) is 3.81. The van der Waals surface area contributed by atoms with Crippen LogP contribution >= 0.6 is 27.5 Å². The van der Waals surface area contributed by atoms with E-state index in [1.807, 2.05) is 19.1 Å². The van der Waals surface area contributed by atoms with Crippen molar-refractivity contribution in [2.24, 2.45) is 0 Å². The standard InChI is InChI=1S/C13H17BrClNO/c1-3-11(14)4-5-16-13(17)10-6-9(2)7-12(15)8-10/h6-8,11H,3-5H2,1-2H3,(H,16,17). The number of hydrogen-bond acceptors (Lipinski definition) is 1. The van der Waals surface area contributed by atoms with Crippen molar-refractivity contribution >= 4 is 33.4 Å². The van der Waals surface area contributed by atoms with Crippen molar-refractivity contribution in [3.63, 3.8) is 0 Å². The molecular formula is C13H17BrClNO. The first kappa shape index (κ1) is 14.5. The Hall–Kier alpha value is -0.540. The number of carbonyl (C=O) groups excluding carboxylic acids is 1. The van der Waals surface area contributed by atoms with E-state index in [1.165, 1.54) is 0 Å². The van der Waals surface area contributed by atoms with Gasteiger partial charge in [-0.15, -0.1) is 0 Å². The Labute approximate surface area is 116 Å². The molecule has 2 nitrogen and oxygen atoms in total. The lowest BCUT2D eigenvalue weighted by molar-refractivity contribution is 0.0953. The maximum Gasteiger partial charge on any atom is 0.251 e. The van der Waals surface area contributed by atoms with Crippen molar-refractivity contribution < 1.29 is 4.79 Å². The lowest BCUT2D eigenvalue weighted by atomic mass is 10.1. The molecule has 0 fully saturated rings. The summed E-state index contributed by atoms with van der Waals surface area (Å²) >= 11 is 9.45. The summed E-state index contributed by atoms with van der Waals surface area (Å²) in [5.41, 5.74) is 1.62. The van der Waals surface area contributed by atoms with Crippen molar-refractivity contribution in [2.45, 2.75) is 31.5 Å². The number of halogens is 2. The number of rotatable bonds is 5. The van der Waals surface area contributed by atoms with Crippen molar-refractivity contribution in [3.8, 4) is 0 Å². The van der Waals surface area contributed by atoms with Crippen LogP contribution in [0.2, 0.25) is 5.02 Å². The highest BCUT2D eigenvalue weighted by Crippen LogP contribution is 2.14. The van der Waals surface area contributed by atoms with Gasteiger partial charge in [0, 0.05) is 22.0 Å². The highest BCUT2D eigenvalue weighted by Gasteiger charge is 2.07. The molecule has 0 aliphatic heterocycles. The summed E-state index contributed by atoms with van der Waals surface area (Å²) in [6, 6.07) is 5.37. The molecule has 0 saturated carbocycles. The van der Waals surface area contributed by atoms with Gasteiger partial charge in [-0.05, 0) is 43.5 Å². The number of aryl methyl sites for hydroxylation is 1. The van der Waals surface area contributed by atoms with Crippen LogP contribution in [0.25, 0.3) is 0 Å². The quantitative estimate of drug-likeness (QED) is 0.819. The molecule has 1 rings (SSSR count). The van der Waals surface area contributed by atoms with Crippen LogP contribution in [-0.4, -0.2) is 17.3 Å². The van der Waals surface area contributed by atoms with Crippen LogP contribution in [0.1, 0.15) is 35.7 Å². The van der Waals surface area contributed by atoms with Gasteiger partial charge in [0.1, 0.15) is 0 Å². The monoisotopic (exact) mass is 317 g/mol. The Kier molecular flexibility index (Phi) is 6.00. The maximum absolute atomic E-state index is 11.8. The van der Waals surface area contributed by atoms with Crippen LogP contribution in [0.5, 0.6) is 0 Å². The van der Waals surface area contributed by atoms with Gasteiger partial charge in [-0.25, -0.2) is 0 Å². The zero-order valence-corrected chi connectivity index (χ0v) is 12.4. The van der Waals surface area contributed by atoms with Crippen molar-refractivity contribution in [1.82, 2.24) is 5.32 Å². The van der Waals surface area contributed by atoms with Gasteiger partial charge >= 0.3 is 0 Å². The van der Waals surface area contributed by atoms with E-state index in [0.717, 1.165) is 18.4 Å². The maximum atomic E-state index is 11.8. The molecule has 1 amide bonds. The molecule has 94 valence electrons. The van der Waals surface area contributed by atoms with E-state index in [9.17, 15) is 4.79 Å². The highest BCUT2D eigenvalue weighted by molar-refractivity contribution is 9.09. The third-order valence-electron chi connectivity index (χ3n) is 2.49. The molecule has 1 N–H and O–H groups in total. The fraction of sp³-hybridized carbons (Fsp3) is 0.462. The minimum absolute atomic E-state index is 0.0635. The molecule has 1 unspecified atom stereocenters. The van der Waals surface area contributed by atoms with E-state index >= 15 is 0 Å². The second-order valence-electron chi connectivity index (χ2n) is 4.07. The number of hydrogen-bond donors (Lipinski definition) is 1. The fourth-order valence-corrected chi connectivity index (χ4v) is 2.03. The second-order valence-corrected chi connectivity index (χ2v) is 5.80. The van der Waals surface area contributed by atoms with Gasteiger partial charge in [0.15, 0.2) is 0 Å². The molecular weight excluding hydrogens is 302 g/mol. The van der Waals surface area contributed by atoms with E-state index in [1.54, 1.807) is 6.07 Å². The van der Waals surface area contributed by atoms with E-state index < -0.39 is 0 Å². The first-order valence-electron chi connectivity index (χ1n) is 5.72. The van der Waals surface area contributed by atoms with Gasteiger partial charge in [-0.1, -0.05) is 34.5 Å². The van der Waals surface area contributed by atoms with E-state index in [-0.39, 0.29) is 5.91 Å². The molecule has 0 heterocycles. The van der Waals surface area contributed by atoms with E-state index in [4.69, 9.17) is 11.6 Å². The Bertz CT molecular complexity index is 375. The molecule has 0 aliphatic rings. The van der Waals surface area contributed by atoms with Gasteiger partial charge in [-0.3, -0.25) is 4.79 Å². The van der Waals surface area contributed by atoms with Crippen LogP contribution in [0.4, 0.5) is 0 Å². The van der Waals surface area contributed by atoms with Gasteiger partial charge in [-0.2, -0.15) is 0 Å². The van der Waals surface area contributed by atoms with E-state index in [0.29, 0.717) is 22.0 Å². The van der Waals surface area contributed by atoms with Crippen LogP contribution in [0.15, 0.2) is 18.2 Å². The first-order valence-corrected chi connectivity index (χ1v) is 7.01. The minimum atomic E-state index is -0.0635. The molecule has 1 aromatic carbocycles. The number of nitrogens with one attached hydrogen (secondary N) is 1. The molecule has 1 atom stereocenters. The summed E-state index contributed by atoms with van der Waals surface area (Å²) in [5.74, 6) is -0.0635. The Morgan fingerprint density at radius 3 is 2.76 bits per heavy atom.